The Kier molecular flexibility index (Phi) is 10.2. The van der Waals surface area contributed by atoms with Gasteiger partial charge in [0.1, 0.15) is 12.4 Å². The number of benzene rings is 2. The molecule has 162 valence electrons. The maximum Gasteiger partial charge on any atom is 0.251 e. The number of para-hydroxylation sites is 2. The third kappa shape index (κ3) is 8.10. The lowest BCUT2D eigenvalue weighted by Crippen LogP contribution is -2.26. The quantitative estimate of drug-likeness (QED) is 0.435. The monoisotopic (exact) mass is 415 g/mol. The largest absolute Gasteiger partial charge is 0.489 e. The van der Waals surface area contributed by atoms with E-state index in [0.717, 1.165) is 5.69 Å². The Balaban J connectivity index is 1.81. The summed E-state index contributed by atoms with van der Waals surface area (Å²) in [5.41, 5.74) is 1.88. The van der Waals surface area contributed by atoms with E-state index in [-0.39, 0.29) is 18.4 Å². The van der Waals surface area contributed by atoms with E-state index in [0.29, 0.717) is 50.0 Å². The number of ether oxygens (including phenoxy) is 3. The molecule has 8 heteroatoms. The second-order valence-electron chi connectivity index (χ2n) is 6.27. The minimum absolute atomic E-state index is 0.0761. The van der Waals surface area contributed by atoms with Crippen LogP contribution in [0.15, 0.2) is 48.5 Å². The summed E-state index contributed by atoms with van der Waals surface area (Å²) in [5, 5.41) is 8.63. The molecule has 0 bridgehead atoms. The number of anilines is 2. The summed E-state index contributed by atoms with van der Waals surface area (Å²) in [6.45, 7) is 4.44. The van der Waals surface area contributed by atoms with Crippen molar-refractivity contribution >= 4 is 23.2 Å². The lowest BCUT2D eigenvalue weighted by molar-refractivity contribution is -0.114. The molecule has 8 nitrogen and oxygen atoms in total. The first-order valence-corrected chi connectivity index (χ1v) is 9.84. The van der Waals surface area contributed by atoms with Gasteiger partial charge in [-0.3, -0.25) is 9.59 Å². The molecule has 0 saturated heterocycles. The lowest BCUT2D eigenvalue weighted by Gasteiger charge is -2.13. The van der Waals surface area contributed by atoms with Gasteiger partial charge in [0.15, 0.2) is 0 Å². The van der Waals surface area contributed by atoms with Crippen molar-refractivity contribution in [1.82, 2.24) is 5.32 Å². The van der Waals surface area contributed by atoms with Crippen molar-refractivity contribution < 1.29 is 23.8 Å². The molecule has 0 atom stereocenters. The van der Waals surface area contributed by atoms with Gasteiger partial charge in [-0.25, -0.2) is 0 Å². The van der Waals surface area contributed by atoms with Gasteiger partial charge in [0.25, 0.3) is 5.91 Å². The van der Waals surface area contributed by atoms with Crippen molar-refractivity contribution in [2.75, 3.05) is 57.3 Å². The molecule has 0 spiro atoms. The summed E-state index contributed by atoms with van der Waals surface area (Å²) in [5.74, 6) is 0.212. The number of nitrogens with one attached hydrogen (secondary N) is 3. The fraction of sp³-hybridized carbons (Fsp3) is 0.364. The molecule has 0 aromatic heterocycles. The number of carbonyl (C=O) groups excluding carboxylic acids is 2. The lowest BCUT2D eigenvalue weighted by atomic mass is 10.2. The van der Waals surface area contributed by atoms with E-state index in [9.17, 15) is 9.59 Å². The number of hydrogen-bond acceptors (Lipinski definition) is 6. The van der Waals surface area contributed by atoms with Crippen LogP contribution in [-0.4, -0.2) is 58.4 Å². The van der Waals surface area contributed by atoms with Crippen molar-refractivity contribution in [2.24, 2.45) is 0 Å². The highest BCUT2D eigenvalue weighted by Gasteiger charge is 2.08. The molecule has 2 aromatic rings. The standard InChI is InChI=1S/C22H29N3O5/c1-3-29-14-15-30-20-7-5-4-6-19(20)25-21(26)16-24-18-10-8-17(9-11-18)22(27)23-12-13-28-2/h4-11,24H,3,12-16H2,1-2H3,(H,23,27)(H,25,26). The zero-order chi connectivity index (χ0) is 21.6. The Morgan fingerprint density at radius 3 is 2.47 bits per heavy atom. The van der Waals surface area contributed by atoms with Gasteiger partial charge < -0.3 is 30.2 Å². The fourth-order valence-corrected chi connectivity index (χ4v) is 2.54. The van der Waals surface area contributed by atoms with E-state index >= 15 is 0 Å². The summed E-state index contributed by atoms with van der Waals surface area (Å²) >= 11 is 0. The van der Waals surface area contributed by atoms with E-state index in [1.54, 1.807) is 43.5 Å². The van der Waals surface area contributed by atoms with Crippen LogP contribution in [0.5, 0.6) is 5.75 Å². The Hall–Kier alpha value is -3.10. The van der Waals surface area contributed by atoms with Crippen LogP contribution in [0.3, 0.4) is 0 Å². The van der Waals surface area contributed by atoms with Crippen molar-refractivity contribution in [2.45, 2.75) is 6.92 Å². The molecule has 30 heavy (non-hydrogen) atoms. The second-order valence-corrected chi connectivity index (χ2v) is 6.27. The molecule has 3 N–H and O–H groups in total. The normalized spacial score (nSPS) is 10.3. The summed E-state index contributed by atoms with van der Waals surface area (Å²) in [6, 6.07) is 14.2. The second kappa shape index (κ2) is 13.2. The summed E-state index contributed by atoms with van der Waals surface area (Å²) in [6.07, 6.45) is 0. The maximum atomic E-state index is 12.3. The SMILES string of the molecule is CCOCCOc1ccccc1NC(=O)CNc1ccc(C(=O)NCCOC)cc1. The predicted molar refractivity (Wildman–Crippen MR) is 116 cm³/mol. The molecule has 2 rings (SSSR count). The summed E-state index contributed by atoms with van der Waals surface area (Å²) in [4.78, 5) is 24.3. The average molecular weight is 415 g/mol. The third-order valence-corrected chi connectivity index (χ3v) is 4.04. The van der Waals surface area contributed by atoms with Crippen LogP contribution in [0.25, 0.3) is 0 Å². The third-order valence-electron chi connectivity index (χ3n) is 4.04. The van der Waals surface area contributed by atoms with Gasteiger partial charge in [0.2, 0.25) is 5.91 Å². The Morgan fingerprint density at radius 1 is 0.967 bits per heavy atom. The highest BCUT2D eigenvalue weighted by molar-refractivity contribution is 5.96. The Labute approximate surface area is 176 Å². The van der Waals surface area contributed by atoms with Gasteiger partial charge in [0, 0.05) is 31.5 Å². The van der Waals surface area contributed by atoms with Gasteiger partial charge in [-0.05, 0) is 43.3 Å². The zero-order valence-electron chi connectivity index (χ0n) is 17.4. The molecular weight excluding hydrogens is 386 g/mol. The minimum atomic E-state index is -0.211. The van der Waals surface area contributed by atoms with Crippen LogP contribution in [0.1, 0.15) is 17.3 Å². The van der Waals surface area contributed by atoms with E-state index in [1.165, 1.54) is 0 Å². The molecule has 0 fully saturated rings. The van der Waals surface area contributed by atoms with Crippen molar-refractivity contribution in [1.29, 1.82) is 0 Å². The molecule has 0 aliphatic carbocycles. The smallest absolute Gasteiger partial charge is 0.251 e. The minimum Gasteiger partial charge on any atom is -0.489 e. The molecule has 0 aliphatic rings. The fourth-order valence-electron chi connectivity index (χ4n) is 2.54. The van der Waals surface area contributed by atoms with Crippen LogP contribution in [0, 0.1) is 0 Å². The van der Waals surface area contributed by atoms with Crippen molar-refractivity contribution in [3.8, 4) is 5.75 Å². The first-order valence-electron chi connectivity index (χ1n) is 9.84. The van der Waals surface area contributed by atoms with E-state index < -0.39 is 0 Å². The molecule has 0 heterocycles. The molecule has 0 radical (unpaired) electrons. The van der Waals surface area contributed by atoms with Gasteiger partial charge in [-0.15, -0.1) is 0 Å². The van der Waals surface area contributed by atoms with Gasteiger partial charge in [-0.1, -0.05) is 12.1 Å². The van der Waals surface area contributed by atoms with E-state index in [4.69, 9.17) is 14.2 Å². The topological polar surface area (TPSA) is 97.9 Å². The molecule has 2 amide bonds. The van der Waals surface area contributed by atoms with E-state index in [2.05, 4.69) is 16.0 Å². The number of rotatable bonds is 13. The average Bonchev–Trinajstić information content (AvgIpc) is 2.77. The molecule has 0 saturated carbocycles. The van der Waals surface area contributed by atoms with Crippen LogP contribution in [0.4, 0.5) is 11.4 Å². The number of methoxy groups -OCH3 is 1. The summed E-state index contributed by atoms with van der Waals surface area (Å²) in [7, 11) is 1.58. The molecular formula is C22H29N3O5. The molecule has 0 aliphatic heterocycles. The number of hydrogen-bond donors (Lipinski definition) is 3. The highest BCUT2D eigenvalue weighted by Crippen LogP contribution is 2.23. The van der Waals surface area contributed by atoms with E-state index in [1.807, 2.05) is 19.1 Å². The summed E-state index contributed by atoms with van der Waals surface area (Å²) < 4.78 is 15.8. The van der Waals surface area contributed by atoms with Gasteiger partial charge in [0.05, 0.1) is 25.4 Å². The van der Waals surface area contributed by atoms with Crippen LogP contribution < -0.4 is 20.7 Å². The van der Waals surface area contributed by atoms with Gasteiger partial charge >= 0.3 is 0 Å². The van der Waals surface area contributed by atoms with Crippen molar-refractivity contribution in [3.05, 3.63) is 54.1 Å². The van der Waals surface area contributed by atoms with Gasteiger partial charge in [-0.2, -0.15) is 0 Å². The van der Waals surface area contributed by atoms with Crippen LogP contribution in [0.2, 0.25) is 0 Å². The van der Waals surface area contributed by atoms with Crippen LogP contribution >= 0.6 is 0 Å². The molecule has 2 aromatic carbocycles. The van der Waals surface area contributed by atoms with Crippen LogP contribution in [-0.2, 0) is 14.3 Å². The first-order chi connectivity index (χ1) is 14.6. The number of amides is 2. The highest BCUT2D eigenvalue weighted by atomic mass is 16.5. The Bertz CT molecular complexity index is 796. The number of carbonyl (C=O) groups is 2. The molecule has 0 unspecified atom stereocenters. The first kappa shape index (κ1) is 23.2. The zero-order valence-corrected chi connectivity index (χ0v) is 17.4. The Morgan fingerprint density at radius 2 is 1.73 bits per heavy atom. The predicted octanol–water partition coefficient (Wildman–Crippen LogP) is 2.53. The maximum absolute atomic E-state index is 12.3. The van der Waals surface area contributed by atoms with Crippen molar-refractivity contribution in [3.63, 3.8) is 0 Å².